The zero-order valence-electron chi connectivity index (χ0n) is 9.04. The molecule has 80 valence electrons. The smallest absolute Gasteiger partial charge is 0.411 e. The predicted molar refractivity (Wildman–Crippen MR) is 52.8 cm³/mol. The second-order valence-corrected chi connectivity index (χ2v) is 5.16. The summed E-state index contributed by atoms with van der Waals surface area (Å²) in [6.45, 7) is 7.59. The van der Waals surface area contributed by atoms with E-state index < -0.39 is 0 Å². The van der Waals surface area contributed by atoms with Crippen LogP contribution in [0.2, 0.25) is 0 Å². The Morgan fingerprint density at radius 3 is 2.64 bits per heavy atom. The molecule has 0 aromatic carbocycles. The fourth-order valence-corrected chi connectivity index (χ4v) is 2.09. The summed E-state index contributed by atoms with van der Waals surface area (Å²) in [6.07, 6.45) is 1.12. The molecule has 1 amide bonds. The molecule has 0 radical (unpaired) electrons. The minimum atomic E-state index is -0.390. The van der Waals surface area contributed by atoms with E-state index in [0.29, 0.717) is 5.92 Å². The van der Waals surface area contributed by atoms with Crippen molar-refractivity contribution in [2.45, 2.75) is 39.0 Å². The zero-order chi connectivity index (χ0) is 10.3. The van der Waals surface area contributed by atoms with Gasteiger partial charge in [-0.15, -0.1) is 0 Å². The standard InChI is InChI=1S/C10H18N2O2/c1-10(2,3)14-9(13)12-6-7-4-8(12)11-5-7/h7-8,11H,4-6H2,1-3H3/t7-,8-/m1/s1. The Balaban J connectivity index is 1.93. The SMILES string of the molecule is CC(C)(C)OC(=O)N1C[C@H]2CN[C@H]1C2. The second-order valence-electron chi connectivity index (χ2n) is 5.16. The van der Waals surface area contributed by atoms with Gasteiger partial charge in [0.25, 0.3) is 0 Å². The van der Waals surface area contributed by atoms with Crippen LogP contribution in [-0.4, -0.2) is 35.8 Å². The lowest BCUT2D eigenvalue weighted by atomic mass is 10.2. The van der Waals surface area contributed by atoms with E-state index in [0.717, 1.165) is 19.5 Å². The molecule has 4 nitrogen and oxygen atoms in total. The molecule has 4 heteroatoms. The molecular formula is C10H18N2O2. The van der Waals surface area contributed by atoms with Crippen molar-refractivity contribution in [2.24, 2.45) is 5.92 Å². The van der Waals surface area contributed by atoms with Gasteiger partial charge in [-0.2, -0.15) is 0 Å². The molecule has 2 rings (SSSR count). The summed E-state index contributed by atoms with van der Waals surface area (Å²) >= 11 is 0. The van der Waals surface area contributed by atoms with Crippen molar-refractivity contribution in [3.8, 4) is 0 Å². The average Bonchev–Trinajstić information content (AvgIpc) is 2.59. The van der Waals surface area contributed by atoms with Gasteiger partial charge >= 0.3 is 6.09 Å². The highest BCUT2D eigenvalue weighted by atomic mass is 16.6. The van der Waals surface area contributed by atoms with Gasteiger partial charge in [0.2, 0.25) is 0 Å². The molecule has 2 atom stereocenters. The van der Waals surface area contributed by atoms with E-state index in [2.05, 4.69) is 5.32 Å². The van der Waals surface area contributed by atoms with Gasteiger partial charge in [-0.25, -0.2) is 4.79 Å². The molecule has 0 aromatic rings. The highest BCUT2D eigenvalue weighted by molar-refractivity contribution is 5.69. The first-order valence-electron chi connectivity index (χ1n) is 5.19. The van der Waals surface area contributed by atoms with E-state index in [4.69, 9.17) is 4.74 Å². The molecule has 2 aliphatic heterocycles. The predicted octanol–water partition coefficient (Wildman–Crippen LogP) is 1.17. The van der Waals surface area contributed by atoms with Gasteiger partial charge in [0.1, 0.15) is 5.60 Å². The van der Waals surface area contributed by atoms with Crippen molar-refractivity contribution < 1.29 is 9.53 Å². The van der Waals surface area contributed by atoms with Gasteiger partial charge in [-0.05, 0) is 33.1 Å². The number of hydrogen-bond donors (Lipinski definition) is 1. The Bertz CT molecular complexity index is 247. The number of carbonyl (C=O) groups is 1. The van der Waals surface area contributed by atoms with Crippen LogP contribution in [-0.2, 0) is 4.74 Å². The van der Waals surface area contributed by atoms with Crippen LogP contribution in [0.15, 0.2) is 0 Å². The third kappa shape index (κ3) is 1.85. The van der Waals surface area contributed by atoms with Crippen molar-refractivity contribution in [2.75, 3.05) is 13.1 Å². The number of ether oxygens (including phenoxy) is 1. The maximum atomic E-state index is 11.7. The molecule has 2 aliphatic rings. The molecule has 14 heavy (non-hydrogen) atoms. The van der Waals surface area contributed by atoms with Gasteiger partial charge < -0.3 is 4.74 Å². The number of likely N-dealkylation sites (tertiary alicyclic amines) is 1. The van der Waals surface area contributed by atoms with E-state index in [1.165, 1.54) is 0 Å². The molecule has 0 aliphatic carbocycles. The molecule has 2 saturated heterocycles. The summed E-state index contributed by atoms with van der Waals surface area (Å²) in [5.41, 5.74) is -0.390. The lowest BCUT2D eigenvalue weighted by molar-refractivity contribution is 0.0172. The van der Waals surface area contributed by atoms with Crippen LogP contribution >= 0.6 is 0 Å². The van der Waals surface area contributed by atoms with Crippen molar-refractivity contribution in [3.63, 3.8) is 0 Å². The van der Waals surface area contributed by atoms with Gasteiger partial charge in [-0.1, -0.05) is 0 Å². The van der Waals surface area contributed by atoms with Crippen LogP contribution in [0.5, 0.6) is 0 Å². The van der Waals surface area contributed by atoms with E-state index >= 15 is 0 Å². The number of amides is 1. The second kappa shape index (κ2) is 3.12. The van der Waals surface area contributed by atoms with Crippen molar-refractivity contribution in [1.29, 1.82) is 0 Å². The summed E-state index contributed by atoms with van der Waals surface area (Å²) in [7, 11) is 0. The van der Waals surface area contributed by atoms with Gasteiger partial charge in [-0.3, -0.25) is 10.2 Å². The Kier molecular flexibility index (Phi) is 2.18. The highest BCUT2D eigenvalue weighted by Gasteiger charge is 2.41. The van der Waals surface area contributed by atoms with Crippen LogP contribution in [0.3, 0.4) is 0 Å². The van der Waals surface area contributed by atoms with Gasteiger partial charge in [0, 0.05) is 13.1 Å². The van der Waals surface area contributed by atoms with E-state index in [1.54, 1.807) is 4.90 Å². The first-order valence-corrected chi connectivity index (χ1v) is 5.19. The number of rotatable bonds is 0. The molecule has 0 unspecified atom stereocenters. The van der Waals surface area contributed by atoms with E-state index in [9.17, 15) is 4.79 Å². The fraction of sp³-hybridized carbons (Fsp3) is 0.900. The highest BCUT2D eigenvalue weighted by Crippen LogP contribution is 2.28. The molecular weight excluding hydrogens is 180 g/mol. The van der Waals surface area contributed by atoms with Crippen LogP contribution in [0.25, 0.3) is 0 Å². The lowest BCUT2D eigenvalue weighted by Crippen LogP contribution is -2.48. The molecule has 2 bridgehead atoms. The van der Waals surface area contributed by atoms with E-state index in [-0.39, 0.29) is 17.9 Å². The molecule has 1 N–H and O–H groups in total. The monoisotopic (exact) mass is 198 g/mol. The number of nitrogens with zero attached hydrogens (tertiary/aromatic N) is 1. The summed E-state index contributed by atoms with van der Waals surface area (Å²) in [5, 5.41) is 3.30. The number of carbonyl (C=O) groups excluding carboxylic acids is 1. The van der Waals surface area contributed by atoms with Crippen molar-refractivity contribution in [1.82, 2.24) is 10.2 Å². The normalized spacial score (nSPS) is 30.9. The number of nitrogens with one attached hydrogen (secondary N) is 1. The number of fused-ring (bicyclic) bond motifs is 2. The Hall–Kier alpha value is -0.770. The first kappa shape index (κ1) is 9.77. The average molecular weight is 198 g/mol. The quantitative estimate of drug-likeness (QED) is 0.635. The maximum Gasteiger partial charge on any atom is 0.411 e. The van der Waals surface area contributed by atoms with Crippen LogP contribution in [0.4, 0.5) is 4.79 Å². The maximum absolute atomic E-state index is 11.7. The van der Waals surface area contributed by atoms with Crippen LogP contribution in [0, 0.1) is 5.92 Å². The number of hydrogen-bond acceptors (Lipinski definition) is 3. The molecule has 0 aromatic heterocycles. The fourth-order valence-electron chi connectivity index (χ4n) is 2.09. The zero-order valence-corrected chi connectivity index (χ0v) is 9.04. The van der Waals surface area contributed by atoms with Crippen LogP contribution < -0.4 is 5.32 Å². The summed E-state index contributed by atoms with van der Waals surface area (Å²) in [4.78, 5) is 13.5. The molecule has 2 fully saturated rings. The summed E-state index contributed by atoms with van der Waals surface area (Å²) < 4.78 is 5.32. The molecule has 0 saturated carbocycles. The van der Waals surface area contributed by atoms with Crippen LogP contribution in [0.1, 0.15) is 27.2 Å². The van der Waals surface area contributed by atoms with E-state index in [1.807, 2.05) is 20.8 Å². The largest absolute Gasteiger partial charge is 0.444 e. The summed E-state index contributed by atoms with van der Waals surface area (Å²) in [6, 6.07) is 0. The molecule has 0 spiro atoms. The lowest BCUT2D eigenvalue weighted by Gasteiger charge is -2.30. The minimum absolute atomic E-state index is 0.183. The molecule has 2 heterocycles. The van der Waals surface area contributed by atoms with Crippen molar-refractivity contribution in [3.05, 3.63) is 0 Å². The van der Waals surface area contributed by atoms with Gasteiger partial charge in [0.05, 0.1) is 6.17 Å². The third-order valence-corrected chi connectivity index (χ3v) is 2.66. The van der Waals surface area contributed by atoms with Gasteiger partial charge in [0.15, 0.2) is 0 Å². The van der Waals surface area contributed by atoms with Crippen molar-refractivity contribution >= 4 is 6.09 Å². The minimum Gasteiger partial charge on any atom is -0.444 e. The third-order valence-electron chi connectivity index (χ3n) is 2.66. The first-order chi connectivity index (χ1) is 6.46. The Morgan fingerprint density at radius 1 is 1.50 bits per heavy atom. The summed E-state index contributed by atoms with van der Waals surface area (Å²) in [5.74, 6) is 0.632. The topological polar surface area (TPSA) is 41.6 Å². The Morgan fingerprint density at radius 2 is 2.21 bits per heavy atom. The Labute approximate surface area is 84.6 Å².